The first-order valence-electron chi connectivity index (χ1n) is 6.94. The molecule has 1 N–H and O–H groups in total. The van der Waals surface area contributed by atoms with Gasteiger partial charge < -0.3 is 14.7 Å². The maximum Gasteiger partial charge on any atom is 0.416 e. The third kappa shape index (κ3) is 3.39. The maximum absolute atomic E-state index is 12.8. The minimum Gasteiger partial charge on any atom is -0.482 e. The summed E-state index contributed by atoms with van der Waals surface area (Å²) in [6.07, 6.45) is -1.54. The van der Waals surface area contributed by atoms with Gasteiger partial charge in [-0.1, -0.05) is 0 Å². The first kappa shape index (κ1) is 15.6. The summed E-state index contributed by atoms with van der Waals surface area (Å²) in [7, 11) is 1.73. The minimum absolute atomic E-state index is 0.152. The van der Waals surface area contributed by atoms with E-state index in [1.54, 1.807) is 22.8 Å². The van der Waals surface area contributed by atoms with E-state index < -0.39 is 23.9 Å². The van der Waals surface area contributed by atoms with Gasteiger partial charge >= 0.3 is 6.18 Å². The molecule has 2 aromatic heterocycles. The van der Waals surface area contributed by atoms with E-state index in [2.05, 4.69) is 10.1 Å². The highest BCUT2D eigenvalue weighted by atomic mass is 19.4. The molecular weight excluding hydrogens is 313 g/mol. The molecule has 1 fully saturated rings. The molecule has 6 nitrogen and oxygen atoms in total. The lowest BCUT2D eigenvalue weighted by Gasteiger charge is -2.18. The Bertz CT molecular complexity index is 689. The number of pyridine rings is 1. The number of rotatable bonds is 3. The van der Waals surface area contributed by atoms with E-state index in [0.29, 0.717) is 5.75 Å². The SMILES string of the molecule is Cn1cc(O[C@@H]2CN(c3cc(C(F)(F)F)ccn3)C[C@H]2O)cn1. The van der Waals surface area contributed by atoms with Crippen LogP contribution in [0.2, 0.25) is 0 Å². The molecule has 1 aliphatic heterocycles. The number of halogens is 3. The predicted molar refractivity (Wildman–Crippen MR) is 75.1 cm³/mol. The third-order valence-electron chi connectivity index (χ3n) is 3.60. The monoisotopic (exact) mass is 328 g/mol. The molecule has 0 radical (unpaired) electrons. The van der Waals surface area contributed by atoms with Crippen molar-refractivity contribution >= 4 is 5.82 Å². The van der Waals surface area contributed by atoms with E-state index in [1.807, 2.05) is 0 Å². The van der Waals surface area contributed by atoms with E-state index in [0.717, 1.165) is 18.3 Å². The van der Waals surface area contributed by atoms with Gasteiger partial charge in [0, 0.05) is 19.8 Å². The molecule has 9 heteroatoms. The lowest BCUT2D eigenvalue weighted by atomic mass is 10.2. The van der Waals surface area contributed by atoms with Crippen LogP contribution in [0.25, 0.3) is 0 Å². The average molecular weight is 328 g/mol. The van der Waals surface area contributed by atoms with E-state index >= 15 is 0 Å². The van der Waals surface area contributed by atoms with Gasteiger partial charge in [-0.05, 0) is 12.1 Å². The Labute approximate surface area is 130 Å². The zero-order valence-corrected chi connectivity index (χ0v) is 12.2. The Hall–Kier alpha value is -2.29. The van der Waals surface area contributed by atoms with Gasteiger partial charge in [0.05, 0.1) is 24.5 Å². The van der Waals surface area contributed by atoms with Crippen molar-refractivity contribution in [1.29, 1.82) is 0 Å². The fourth-order valence-electron chi connectivity index (χ4n) is 2.46. The van der Waals surface area contributed by atoms with Crippen LogP contribution in [0.1, 0.15) is 5.56 Å². The standard InChI is InChI=1S/C14H15F3N4O2/c1-20-6-10(5-19-20)23-12-8-21(7-11(12)22)13-4-9(2-3-18-13)14(15,16)17/h2-6,11-12,22H,7-8H2,1H3/t11-,12-/m1/s1. The lowest BCUT2D eigenvalue weighted by molar-refractivity contribution is -0.137. The van der Waals surface area contributed by atoms with Crippen LogP contribution in [0, 0.1) is 0 Å². The smallest absolute Gasteiger partial charge is 0.416 e. The number of aliphatic hydroxyl groups is 1. The van der Waals surface area contributed by atoms with Crippen LogP contribution in [-0.2, 0) is 13.2 Å². The molecule has 0 unspecified atom stereocenters. The van der Waals surface area contributed by atoms with Gasteiger partial charge in [0.2, 0.25) is 0 Å². The van der Waals surface area contributed by atoms with E-state index in [-0.39, 0.29) is 18.9 Å². The highest BCUT2D eigenvalue weighted by Gasteiger charge is 2.36. The fraction of sp³-hybridized carbons (Fsp3) is 0.429. The number of hydrogen-bond acceptors (Lipinski definition) is 5. The highest BCUT2D eigenvalue weighted by molar-refractivity contribution is 5.44. The zero-order chi connectivity index (χ0) is 16.6. The number of aliphatic hydroxyl groups excluding tert-OH is 1. The maximum atomic E-state index is 12.8. The van der Waals surface area contributed by atoms with Crippen LogP contribution in [0.15, 0.2) is 30.7 Å². The highest BCUT2D eigenvalue weighted by Crippen LogP contribution is 2.31. The molecule has 0 saturated carbocycles. The fourth-order valence-corrected chi connectivity index (χ4v) is 2.46. The van der Waals surface area contributed by atoms with Crippen molar-refractivity contribution in [2.24, 2.45) is 7.05 Å². The molecule has 0 amide bonds. The first-order chi connectivity index (χ1) is 10.8. The first-order valence-corrected chi connectivity index (χ1v) is 6.94. The van der Waals surface area contributed by atoms with Crippen LogP contribution in [-0.4, -0.2) is 45.2 Å². The normalized spacial score (nSPS) is 21.7. The van der Waals surface area contributed by atoms with Crippen LogP contribution in [0.4, 0.5) is 19.0 Å². The van der Waals surface area contributed by atoms with Gasteiger partial charge in [0.1, 0.15) is 18.0 Å². The van der Waals surface area contributed by atoms with Crippen LogP contribution >= 0.6 is 0 Å². The summed E-state index contributed by atoms with van der Waals surface area (Å²) in [5.74, 6) is 0.659. The summed E-state index contributed by atoms with van der Waals surface area (Å²) in [4.78, 5) is 5.53. The molecule has 1 aliphatic rings. The number of aromatic nitrogens is 3. The molecule has 2 atom stereocenters. The van der Waals surface area contributed by atoms with Gasteiger partial charge in [-0.2, -0.15) is 18.3 Å². The van der Waals surface area contributed by atoms with Gasteiger partial charge in [-0.3, -0.25) is 4.68 Å². The van der Waals surface area contributed by atoms with Crippen LogP contribution in [0.5, 0.6) is 5.75 Å². The second-order valence-electron chi connectivity index (χ2n) is 5.38. The Morgan fingerprint density at radius 1 is 1.35 bits per heavy atom. The van der Waals surface area contributed by atoms with Gasteiger partial charge in [0.15, 0.2) is 5.75 Å². The van der Waals surface area contributed by atoms with Crippen molar-refractivity contribution in [2.45, 2.75) is 18.4 Å². The molecular formula is C14H15F3N4O2. The van der Waals surface area contributed by atoms with Gasteiger partial charge in [-0.25, -0.2) is 4.98 Å². The third-order valence-corrected chi connectivity index (χ3v) is 3.60. The number of ether oxygens (including phenoxy) is 1. The largest absolute Gasteiger partial charge is 0.482 e. The van der Waals surface area contributed by atoms with E-state index in [4.69, 9.17) is 4.74 Å². The van der Waals surface area contributed by atoms with Crippen molar-refractivity contribution in [3.8, 4) is 5.75 Å². The molecule has 124 valence electrons. The Morgan fingerprint density at radius 2 is 2.13 bits per heavy atom. The number of anilines is 1. The minimum atomic E-state index is -4.43. The summed E-state index contributed by atoms with van der Waals surface area (Å²) in [6.45, 7) is 0.392. The Balaban J connectivity index is 1.73. The number of β-amino-alcohol motifs (C(OH)–C–C–N with tert-alkyl or cyclic N) is 1. The van der Waals surface area contributed by atoms with Gasteiger partial charge in [-0.15, -0.1) is 0 Å². The topological polar surface area (TPSA) is 63.4 Å². The summed E-state index contributed by atoms with van der Waals surface area (Å²) in [5, 5.41) is 14.0. The second-order valence-corrected chi connectivity index (χ2v) is 5.38. The zero-order valence-electron chi connectivity index (χ0n) is 12.2. The summed E-state index contributed by atoms with van der Waals surface area (Å²) in [5.41, 5.74) is -0.770. The van der Waals surface area contributed by atoms with Crippen molar-refractivity contribution in [1.82, 2.24) is 14.8 Å². The van der Waals surface area contributed by atoms with Crippen molar-refractivity contribution in [3.63, 3.8) is 0 Å². The van der Waals surface area contributed by atoms with Crippen molar-refractivity contribution < 1.29 is 23.0 Å². The molecule has 0 bridgehead atoms. The summed E-state index contributed by atoms with van der Waals surface area (Å²) >= 11 is 0. The van der Waals surface area contributed by atoms with E-state index in [9.17, 15) is 18.3 Å². The molecule has 23 heavy (non-hydrogen) atoms. The molecule has 1 saturated heterocycles. The number of alkyl halides is 3. The number of hydrogen-bond donors (Lipinski definition) is 1. The van der Waals surface area contributed by atoms with Crippen LogP contribution in [0.3, 0.4) is 0 Å². The van der Waals surface area contributed by atoms with Crippen LogP contribution < -0.4 is 9.64 Å². The average Bonchev–Trinajstić information content (AvgIpc) is 3.05. The Morgan fingerprint density at radius 3 is 2.78 bits per heavy atom. The molecule has 3 rings (SSSR count). The predicted octanol–water partition coefficient (Wildman–Crippen LogP) is 1.46. The second kappa shape index (κ2) is 5.73. The summed E-state index contributed by atoms with van der Waals surface area (Å²) in [6, 6.07) is 1.89. The Kier molecular flexibility index (Phi) is 3.88. The number of aryl methyl sites for hydroxylation is 1. The molecule has 2 aromatic rings. The molecule has 3 heterocycles. The number of nitrogens with zero attached hydrogens (tertiary/aromatic N) is 4. The van der Waals surface area contributed by atoms with Crippen molar-refractivity contribution in [2.75, 3.05) is 18.0 Å². The summed E-state index contributed by atoms with van der Waals surface area (Å²) < 4.78 is 45.5. The molecule has 0 spiro atoms. The molecule has 0 aliphatic carbocycles. The van der Waals surface area contributed by atoms with E-state index in [1.165, 1.54) is 6.20 Å². The van der Waals surface area contributed by atoms with Gasteiger partial charge in [0.25, 0.3) is 0 Å². The lowest BCUT2D eigenvalue weighted by Crippen LogP contribution is -2.29. The molecule has 0 aromatic carbocycles. The quantitative estimate of drug-likeness (QED) is 0.924. The van der Waals surface area contributed by atoms with Crippen molar-refractivity contribution in [3.05, 3.63) is 36.3 Å².